The SMILES string of the molecule is CN1CN(C(=O)C2(C)CC2)CC1=O. The molecule has 0 bridgehead atoms. The molecule has 2 rings (SSSR count). The Balaban J connectivity index is 2.03. The van der Waals surface area contributed by atoms with Crippen molar-refractivity contribution >= 4 is 11.8 Å². The Morgan fingerprint density at radius 3 is 2.46 bits per heavy atom. The average Bonchev–Trinajstić information content (AvgIpc) is 2.74. The van der Waals surface area contributed by atoms with Gasteiger partial charge in [0.2, 0.25) is 11.8 Å². The van der Waals surface area contributed by atoms with E-state index in [1.54, 1.807) is 16.8 Å². The number of carbonyl (C=O) groups is 2. The lowest BCUT2D eigenvalue weighted by molar-refractivity contribution is -0.136. The van der Waals surface area contributed by atoms with E-state index in [2.05, 4.69) is 0 Å². The molecule has 0 N–H and O–H groups in total. The van der Waals surface area contributed by atoms with Gasteiger partial charge in [0, 0.05) is 12.5 Å². The fourth-order valence-corrected chi connectivity index (χ4v) is 1.59. The Morgan fingerprint density at radius 1 is 1.46 bits per heavy atom. The van der Waals surface area contributed by atoms with Crippen LogP contribution in [0.25, 0.3) is 0 Å². The van der Waals surface area contributed by atoms with E-state index in [1.165, 1.54) is 0 Å². The number of nitrogens with zero attached hydrogens (tertiary/aromatic N) is 2. The molecule has 4 heteroatoms. The predicted octanol–water partition coefficient (Wildman–Crippen LogP) is 0.0446. The van der Waals surface area contributed by atoms with Gasteiger partial charge in [0.1, 0.15) is 6.54 Å². The first-order chi connectivity index (χ1) is 6.03. The molecule has 0 atom stereocenters. The molecule has 72 valence electrons. The summed E-state index contributed by atoms with van der Waals surface area (Å²) in [5.74, 6) is 0.183. The summed E-state index contributed by atoms with van der Waals surface area (Å²) in [4.78, 5) is 26.2. The first-order valence-corrected chi connectivity index (χ1v) is 4.56. The minimum Gasteiger partial charge on any atom is -0.326 e. The topological polar surface area (TPSA) is 40.6 Å². The highest BCUT2D eigenvalue weighted by molar-refractivity contribution is 5.91. The van der Waals surface area contributed by atoms with Crippen molar-refractivity contribution in [2.45, 2.75) is 19.8 Å². The lowest BCUT2D eigenvalue weighted by Gasteiger charge is -2.18. The van der Waals surface area contributed by atoms with Crippen molar-refractivity contribution < 1.29 is 9.59 Å². The highest BCUT2D eigenvalue weighted by Crippen LogP contribution is 2.46. The lowest BCUT2D eigenvalue weighted by atomic mass is 10.1. The van der Waals surface area contributed by atoms with E-state index in [1.807, 2.05) is 6.92 Å². The molecule has 0 unspecified atom stereocenters. The van der Waals surface area contributed by atoms with Gasteiger partial charge in [0.25, 0.3) is 0 Å². The summed E-state index contributed by atoms with van der Waals surface area (Å²) in [5.41, 5.74) is -0.147. The molecule has 1 aliphatic carbocycles. The molecule has 1 aliphatic heterocycles. The standard InChI is InChI=1S/C9H14N2O2/c1-9(3-4-9)8(13)11-5-7(12)10(2)6-11/h3-6H2,1-2H3. The maximum absolute atomic E-state index is 11.8. The van der Waals surface area contributed by atoms with Crippen LogP contribution in [-0.2, 0) is 9.59 Å². The quantitative estimate of drug-likeness (QED) is 0.574. The van der Waals surface area contributed by atoms with Gasteiger partial charge in [0.15, 0.2) is 0 Å². The van der Waals surface area contributed by atoms with Crippen LogP contribution < -0.4 is 0 Å². The summed E-state index contributed by atoms with van der Waals surface area (Å²) in [7, 11) is 1.73. The molecule has 0 aromatic rings. The molecule has 1 heterocycles. The molecule has 2 amide bonds. The molecule has 1 saturated carbocycles. The first-order valence-electron chi connectivity index (χ1n) is 4.56. The number of carbonyl (C=O) groups excluding carboxylic acids is 2. The molecular formula is C9H14N2O2. The maximum Gasteiger partial charge on any atom is 0.243 e. The van der Waals surface area contributed by atoms with E-state index in [0.717, 1.165) is 12.8 Å². The molecule has 0 spiro atoms. The van der Waals surface area contributed by atoms with E-state index < -0.39 is 0 Å². The van der Waals surface area contributed by atoms with Crippen LogP contribution >= 0.6 is 0 Å². The summed E-state index contributed by atoms with van der Waals surface area (Å²) >= 11 is 0. The van der Waals surface area contributed by atoms with Crippen LogP contribution in [0.5, 0.6) is 0 Å². The van der Waals surface area contributed by atoms with Crippen molar-refractivity contribution in [3.05, 3.63) is 0 Å². The molecule has 2 fully saturated rings. The van der Waals surface area contributed by atoms with Crippen molar-refractivity contribution in [2.75, 3.05) is 20.3 Å². The van der Waals surface area contributed by atoms with Gasteiger partial charge in [-0.15, -0.1) is 0 Å². The van der Waals surface area contributed by atoms with Crippen molar-refractivity contribution in [3.63, 3.8) is 0 Å². The number of likely N-dealkylation sites (N-methyl/N-ethyl adjacent to an activating group) is 1. The van der Waals surface area contributed by atoms with Crippen LogP contribution in [0.4, 0.5) is 0 Å². The zero-order chi connectivity index (χ0) is 9.64. The van der Waals surface area contributed by atoms with Gasteiger partial charge in [-0.25, -0.2) is 0 Å². The van der Waals surface area contributed by atoms with E-state index >= 15 is 0 Å². The van der Waals surface area contributed by atoms with Gasteiger partial charge in [-0.1, -0.05) is 6.92 Å². The largest absolute Gasteiger partial charge is 0.326 e. The van der Waals surface area contributed by atoms with Crippen LogP contribution in [0, 0.1) is 5.41 Å². The summed E-state index contributed by atoms with van der Waals surface area (Å²) in [6, 6.07) is 0. The Morgan fingerprint density at radius 2 is 2.08 bits per heavy atom. The Kier molecular flexibility index (Phi) is 1.62. The third kappa shape index (κ3) is 1.30. The fraction of sp³-hybridized carbons (Fsp3) is 0.778. The Hall–Kier alpha value is -1.06. The fourth-order valence-electron chi connectivity index (χ4n) is 1.59. The van der Waals surface area contributed by atoms with Gasteiger partial charge in [-0.05, 0) is 12.8 Å². The molecule has 0 aromatic heterocycles. The van der Waals surface area contributed by atoms with E-state index in [-0.39, 0.29) is 23.8 Å². The lowest BCUT2D eigenvalue weighted by Crippen LogP contribution is -2.35. The number of amides is 2. The minimum atomic E-state index is -0.147. The van der Waals surface area contributed by atoms with Crippen LogP contribution in [-0.4, -0.2) is 41.9 Å². The summed E-state index contributed by atoms with van der Waals surface area (Å²) < 4.78 is 0. The van der Waals surface area contributed by atoms with Crippen molar-refractivity contribution in [3.8, 4) is 0 Å². The monoisotopic (exact) mass is 182 g/mol. The third-order valence-electron chi connectivity index (χ3n) is 2.94. The maximum atomic E-state index is 11.8. The molecule has 2 aliphatic rings. The predicted molar refractivity (Wildman–Crippen MR) is 46.7 cm³/mol. The van der Waals surface area contributed by atoms with Gasteiger partial charge in [-0.2, -0.15) is 0 Å². The van der Waals surface area contributed by atoms with Crippen LogP contribution in [0.3, 0.4) is 0 Å². The van der Waals surface area contributed by atoms with Gasteiger partial charge in [-0.3, -0.25) is 9.59 Å². The van der Waals surface area contributed by atoms with Crippen LogP contribution in [0.2, 0.25) is 0 Å². The zero-order valence-corrected chi connectivity index (χ0v) is 8.04. The number of hydrogen-bond donors (Lipinski definition) is 0. The molecule has 13 heavy (non-hydrogen) atoms. The molecule has 4 nitrogen and oxygen atoms in total. The van der Waals surface area contributed by atoms with Gasteiger partial charge in [0.05, 0.1) is 6.67 Å². The van der Waals surface area contributed by atoms with Gasteiger partial charge < -0.3 is 9.80 Å². The smallest absolute Gasteiger partial charge is 0.243 e. The highest BCUT2D eigenvalue weighted by atomic mass is 16.2. The van der Waals surface area contributed by atoms with E-state index in [0.29, 0.717) is 6.67 Å². The second-order valence-electron chi connectivity index (χ2n) is 4.30. The van der Waals surface area contributed by atoms with E-state index in [4.69, 9.17) is 0 Å². The summed E-state index contributed by atoms with van der Waals surface area (Å²) in [6.07, 6.45) is 1.94. The van der Waals surface area contributed by atoms with Crippen molar-refractivity contribution in [1.29, 1.82) is 0 Å². The molecule has 0 aromatic carbocycles. The molecular weight excluding hydrogens is 168 g/mol. The third-order valence-corrected chi connectivity index (χ3v) is 2.94. The first kappa shape index (κ1) is 8.53. The molecule has 0 radical (unpaired) electrons. The average molecular weight is 182 g/mol. The number of hydrogen-bond acceptors (Lipinski definition) is 2. The van der Waals surface area contributed by atoms with Crippen molar-refractivity contribution in [1.82, 2.24) is 9.80 Å². The second kappa shape index (κ2) is 2.47. The second-order valence-corrected chi connectivity index (χ2v) is 4.30. The zero-order valence-electron chi connectivity index (χ0n) is 8.04. The van der Waals surface area contributed by atoms with Crippen LogP contribution in [0.15, 0.2) is 0 Å². The molecule has 1 saturated heterocycles. The normalized spacial score (nSPS) is 25.2. The summed E-state index contributed by atoms with van der Waals surface area (Å²) in [6.45, 7) is 2.70. The Labute approximate surface area is 77.5 Å². The summed E-state index contributed by atoms with van der Waals surface area (Å²) in [5, 5.41) is 0. The Bertz CT molecular complexity index is 271. The van der Waals surface area contributed by atoms with Crippen LogP contribution in [0.1, 0.15) is 19.8 Å². The highest BCUT2D eigenvalue weighted by Gasteiger charge is 2.48. The van der Waals surface area contributed by atoms with E-state index in [9.17, 15) is 9.59 Å². The van der Waals surface area contributed by atoms with Crippen molar-refractivity contribution in [2.24, 2.45) is 5.41 Å². The minimum absolute atomic E-state index is 0.0394. The van der Waals surface area contributed by atoms with Gasteiger partial charge >= 0.3 is 0 Å². The number of rotatable bonds is 1.